The minimum Gasteiger partial charge on any atom is -0.391 e. The number of hydrogen-bond acceptors (Lipinski definition) is 0. The molecule has 0 N–H and O–H groups in total. The minimum absolute atomic E-state index is 0.399. The fourth-order valence-corrected chi connectivity index (χ4v) is 5.15. The molecular formula is C5H10BI3N+. The molecule has 1 aliphatic heterocycles. The molecule has 1 aliphatic rings. The van der Waals surface area contributed by atoms with E-state index >= 15 is 0 Å². The van der Waals surface area contributed by atoms with E-state index in [2.05, 4.69) is 88.8 Å². The average molecular weight is 476 g/mol. The normalized spacial score (nSPS) is 30.6. The molecule has 5 heteroatoms. The summed E-state index contributed by atoms with van der Waals surface area (Å²) in [4.78, 5) is 0. The highest BCUT2D eigenvalue weighted by Crippen LogP contribution is 2.50. The highest BCUT2D eigenvalue weighted by molar-refractivity contribution is 14.3. The topological polar surface area (TPSA) is 0 Å². The largest absolute Gasteiger partial charge is 0.501 e. The molecule has 0 saturated carbocycles. The van der Waals surface area contributed by atoms with Gasteiger partial charge in [-0.3, -0.25) is 0 Å². The molecule has 0 aromatic carbocycles. The lowest BCUT2D eigenvalue weighted by Crippen LogP contribution is -2.28. The number of halogens is 3. The molecule has 1 rings (SSSR count). The van der Waals surface area contributed by atoms with Crippen molar-refractivity contribution in [2.24, 2.45) is 0 Å². The third-order valence-corrected chi connectivity index (χ3v) is 4.38. The molecule has 1 saturated heterocycles. The van der Waals surface area contributed by atoms with Gasteiger partial charge in [0.05, 0.1) is 0 Å². The van der Waals surface area contributed by atoms with Gasteiger partial charge in [0.25, 0.3) is 0 Å². The van der Waals surface area contributed by atoms with Crippen LogP contribution in [0.15, 0.2) is 0 Å². The Kier molecular flexibility index (Phi) is 2.95. The van der Waals surface area contributed by atoms with Crippen LogP contribution in [-0.4, -0.2) is 30.6 Å². The standard InChI is InChI=1S/C5H10BI3N/c1-4-6(5(7,8)9)10(4,2)3/h4H,1-3H3/q+1. The second-order valence-corrected chi connectivity index (χ2v) is 14.7. The zero-order valence-corrected chi connectivity index (χ0v) is 12.7. The van der Waals surface area contributed by atoms with Gasteiger partial charge < -0.3 is 4.39 Å². The lowest BCUT2D eigenvalue weighted by Gasteiger charge is -2.11. The zero-order valence-electron chi connectivity index (χ0n) is 6.24. The van der Waals surface area contributed by atoms with Crippen LogP contribution in [0.1, 0.15) is 6.92 Å². The Labute approximate surface area is 104 Å². The summed E-state index contributed by atoms with van der Waals surface area (Å²) in [6.07, 6.45) is 0. The van der Waals surface area contributed by atoms with Crippen molar-refractivity contribution in [3.8, 4) is 0 Å². The van der Waals surface area contributed by atoms with Crippen molar-refractivity contribution >= 4 is 74.6 Å². The molecule has 0 aromatic heterocycles. The van der Waals surface area contributed by atoms with Crippen LogP contribution >= 0.6 is 67.8 Å². The number of nitrogens with zero attached hydrogens (tertiary/aromatic N) is 1. The number of quaternary nitrogens is 1. The van der Waals surface area contributed by atoms with Crippen LogP contribution in [0.4, 0.5) is 0 Å². The molecule has 1 heterocycles. The zero-order chi connectivity index (χ0) is 8.15. The van der Waals surface area contributed by atoms with Crippen LogP contribution in [-0.2, 0) is 0 Å². The van der Waals surface area contributed by atoms with Crippen LogP contribution in [0, 0.1) is 0 Å². The Morgan fingerprint density at radius 1 is 1.30 bits per heavy atom. The fraction of sp³-hybridized carbons (Fsp3) is 1.00. The molecule has 0 radical (unpaired) electrons. The fourth-order valence-electron chi connectivity index (χ4n) is 1.43. The van der Waals surface area contributed by atoms with Gasteiger partial charge in [-0.25, -0.2) is 0 Å². The molecule has 0 bridgehead atoms. The van der Waals surface area contributed by atoms with Gasteiger partial charge in [-0.05, 0) is 6.92 Å². The molecule has 0 amide bonds. The monoisotopic (exact) mass is 476 g/mol. The van der Waals surface area contributed by atoms with Gasteiger partial charge in [0.15, 0.2) is -0.665 Å². The maximum absolute atomic E-state index is 2.53. The van der Waals surface area contributed by atoms with Crippen molar-refractivity contribution in [1.29, 1.82) is 0 Å². The lowest BCUT2D eigenvalue weighted by molar-refractivity contribution is -0.714. The van der Waals surface area contributed by atoms with Crippen LogP contribution in [0.25, 0.3) is 0 Å². The van der Waals surface area contributed by atoms with Crippen molar-refractivity contribution in [2.45, 2.75) is 12.2 Å². The van der Waals surface area contributed by atoms with E-state index in [0.29, 0.717) is -0.665 Å². The lowest BCUT2D eigenvalue weighted by atomic mass is 9.75. The van der Waals surface area contributed by atoms with Crippen LogP contribution in [0.3, 0.4) is 0 Å². The molecule has 1 nitrogen and oxygen atoms in total. The summed E-state index contributed by atoms with van der Waals surface area (Å²) in [5, 5.41) is 0. The first-order chi connectivity index (χ1) is 4.28. The van der Waals surface area contributed by atoms with Gasteiger partial charge in [0.1, 0.15) is 5.94 Å². The van der Waals surface area contributed by atoms with E-state index in [1.807, 2.05) is 0 Å². The highest BCUT2D eigenvalue weighted by atomic mass is 127. The maximum atomic E-state index is 2.53. The third-order valence-electron chi connectivity index (χ3n) is 2.47. The molecule has 0 aromatic rings. The Morgan fingerprint density at radius 2 is 1.60 bits per heavy atom. The second-order valence-electron chi connectivity index (χ2n) is 3.36. The van der Waals surface area contributed by atoms with Crippen molar-refractivity contribution in [3.05, 3.63) is 0 Å². The summed E-state index contributed by atoms with van der Waals surface area (Å²) in [6.45, 7) is 3.16. The van der Waals surface area contributed by atoms with Gasteiger partial charge in [0, 0.05) is 14.1 Å². The number of alkyl halides is 3. The van der Waals surface area contributed by atoms with Gasteiger partial charge in [-0.2, -0.15) is 0 Å². The van der Waals surface area contributed by atoms with Gasteiger partial charge in [-0.1, -0.05) is 67.8 Å². The van der Waals surface area contributed by atoms with Crippen LogP contribution in [0.5, 0.6) is 0 Å². The molecule has 1 unspecified atom stereocenters. The van der Waals surface area contributed by atoms with Crippen molar-refractivity contribution < 1.29 is 4.39 Å². The maximum Gasteiger partial charge on any atom is 0.501 e. The van der Waals surface area contributed by atoms with Crippen molar-refractivity contribution in [3.63, 3.8) is 0 Å². The van der Waals surface area contributed by atoms with Gasteiger partial charge in [0.2, 0.25) is 0 Å². The predicted octanol–water partition coefficient (Wildman–Crippen LogP) is 2.49. The van der Waals surface area contributed by atoms with E-state index in [0.717, 1.165) is 12.8 Å². The van der Waals surface area contributed by atoms with E-state index in [4.69, 9.17) is 0 Å². The molecule has 10 heavy (non-hydrogen) atoms. The smallest absolute Gasteiger partial charge is 0.391 e. The summed E-state index contributed by atoms with van der Waals surface area (Å²) < 4.78 is 1.59. The highest BCUT2D eigenvalue weighted by Gasteiger charge is 2.72. The summed E-state index contributed by atoms with van der Waals surface area (Å²) in [7, 11) is 4.61. The summed E-state index contributed by atoms with van der Waals surface area (Å²) in [5.41, 5.74) is 0. The molecule has 1 atom stereocenters. The Balaban J connectivity index is 2.66. The summed E-state index contributed by atoms with van der Waals surface area (Å²) in [5.74, 6) is 0.839. The van der Waals surface area contributed by atoms with Gasteiger partial charge in [-0.15, -0.1) is 0 Å². The first-order valence-electron chi connectivity index (χ1n) is 3.18. The molecule has 1 fully saturated rings. The van der Waals surface area contributed by atoms with Crippen LogP contribution in [0.2, 0.25) is 0 Å². The van der Waals surface area contributed by atoms with E-state index in [9.17, 15) is 0 Å². The Morgan fingerprint density at radius 3 is 1.60 bits per heavy atom. The first-order valence-corrected chi connectivity index (χ1v) is 6.41. The molecule has 0 aliphatic carbocycles. The Bertz CT molecular complexity index is 143. The number of hydrogen-bond donors (Lipinski definition) is 0. The first kappa shape index (κ1) is 10.3. The summed E-state index contributed by atoms with van der Waals surface area (Å²) >= 11 is 7.58. The quantitative estimate of drug-likeness (QED) is 0.237. The second kappa shape index (κ2) is 2.86. The summed E-state index contributed by atoms with van der Waals surface area (Å²) in [6, 6.07) is 0. The molecular weight excluding hydrogens is 466 g/mol. The van der Waals surface area contributed by atoms with E-state index in [1.54, 1.807) is 0 Å². The van der Waals surface area contributed by atoms with E-state index < -0.39 is 0 Å². The Hall–Kier alpha value is 2.21. The molecule has 0 spiro atoms. The van der Waals surface area contributed by atoms with Gasteiger partial charge >= 0.3 is 6.85 Å². The van der Waals surface area contributed by atoms with Crippen molar-refractivity contribution in [1.82, 2.24) is 0 Å². The van der Waals surface area contributed by atoms with Crippen LogP contribution < -0.4 is 0 Å². The number of rotatable bonds is 1. The average Bonchev–Trinajstić information content (AvgIpc) is 2.03. The minimum atomic E-state index is 0.399. The van der Waals surface area contributed by atoms with E-state index in [-0.39, 0.29) is 0 Å². The van der Waals surface area contributed by atoms with Crippen molar-refractivity contribution in [2.75, 3.05) is 14.1 Å². The SMILES string of the molecule is CC1B(C(I)(I)I)[N+]1(C)C. The third kappa shape index (κ3) is 1.76. The molecule has 58 valence electrons. The predicted molar refractivity (Wildman–Crippen MR) is 72.1 cm³/mol. The van der Waals surface area contributed by atoms with E-state index in [1.165, 1.54) is 4.39 Å².